The van der Waals surface area contributed by atoms with Crippen LogP contribution in [-0.2, 0) is 12.1 Å². The first-order chi connectivity index (χ1) is 19.8. The summed E-state index contributed by atoms with van der Waals surface area (Å²) in [4.78, 5) is 14.0. The standard InChI is InChI=1S/C30H23ClF2N4O3S/c31-25-26(28(38)34-17-8-9-18(32)19(33)13-17)36-12-4-7-20(36)27(25)41-37-23-10-11-29(23)24(37)15-30(29,39)22-14-21(40-35-22)16-5-2-1-3-6-16/h1-9,13-14,23-24,39H,10-12,15H2,(H,34,38). The number of amides is 1. The van der Waals surface area contributed by atoms with Crippen LogP contribution in [0.15, 0.2) is 70.1 Å². The van der Waals surface area contributed by atoms with Crippen molar-refractivity contribution in [1.82, 2.24) is 14.0 Å². The Morgan fingerprint density at radius 1 is 1.15 bits per heavy atom. The third kappa shape index (κ3) is 3.33. The maximum absolute atomic E-state index is 13.7. The minimum absolute atomic E-state index is 0.129. The summed E-state index contributed by atoms with van der Waals surface area (Å²) in [5.41, 5.74) is 1.36. The van der Waals surface area contributed by atoms with Gasteiger partial charge in [-0.2, -0.15) is 0 Å². The molecule has 3 fully saturated rings. The number of nitrogens with one attached hydrogen (secondary N) is 1. The molecule has 2 aliphatic carbocycles. The summed E-state index contributed by atoms with van der Waals surface area (Å²) >= 11 is 8.35. The first-order valence-electron chi connectivity index (χ1n) is 13.4. The fourth-order valence-electron chi connectivity index (χ4n) is 7.12. The zero-order valence-electron chi connectivity index (χ0n) is 21.5. The molecule has 41 heavy (non-hydrogen) atoms. The third-order valence-corrected chi connectivity index (χ3v) is 11.0. The molecule has 2 aromatic heterocycles. The molecule has 4 aliphatic rings. The van der Waals surface area contributed by atoms with Crippen molar-refractivity contribution in [2.24, 2.45) is 5.41 Å². The zero-order valence-corrected chi connectivity index (χ0v) is 23.1. The molecule has 1 saturated heterocycles. The minimum atomic E-state index is -1.06. The van der Waals surface area contributed by atoms with Crippen LogP contribution in [0.25, 0.3) is 17.4 Å². The highest BCUT2D eigenvalue weighted by atomic mass is 35.5. The van der Waals surface area contributed by atoms with Crippen molar-refractivity contribution in [1.29, 1.82) is 0 Å². The predicted octanol–water partition coefficient (Wildman–Crippen LogP) is 6.49. The van der Waals surface area contributed by atoms with Crippen molar-refractivity contribution in [2.45, 2.75) is 48.4 Å². The van der Waals surface area contributed by atoms with Crippen LogP contribution in [0, 0.1) is 17.0 Å². The third-order valence-electron chi connectivity index (χ3n) is 9.24. The number of fused-ring (bicyclic) bond motifs is 1. The molecule has 4 unspecified atom stereocenters. The maximum atomic E-state index is 13.7. The number of hydrogen-bond acceptors (Lipinski definition) is 6. The van der Waals surface area contributed by atoms with E-state index in [-0.39, 0.29) is 28.9 Å². The summed E-state index contributed by atoms with van der Waals surface area (Å²) in [5.74, 6) is -1.90. The van der Waals surface area contributed by atoms with Gasteiger partial charge in [0.05, 0.1) is 15.6 Å². The molecule has 7 nitrogen and oxygen atoms in total. The van der Waals surface area contributed by atoms with Gasteiger partial charge in [-0.15, -0.1) is 0 Å². The SMILES string of the molecule is O=C(Nc1ccc(F)c(F)c1)c1c(Cl)c(SN2C3CCC34C2CC4(O)c2cc(-c3ccccc3)on2)c2n1CC=C2. The van der Waals surface area contributed by atoms with Crippen molar-refractivity contribution in [3.63, 3.8) is 0 Å². The summed E-state index contributed by atoms with van der Waals surface area (Å²) in [6, 6.07) is 15.0. The molecule has 208 valence electrons. The van der Waals surface area contributed by atoms with Crippen LogP contribution >= 0.6 is 23.5 Å². The normalized spacial score (nSPS) is 27.3. The quantitative estimate of drug-likeness (QED) is 0.249. The largest absolute Gasteiger partial charge is 0.383 e. The average Bonchev–Trinajstić information content (AvgIpc) is 3.67. The van der Waals surface area contributed by atoms with Gasteiger partial charge < -0.3 is 19.5 Å². The van der Waals surface area contributed by atoms with E-state index in [1.165, 1.54) is 18.0 Å². The lowest BCUT2D eigenvalue weighted by molar-refractivity contribution is -0.349. The second kappa shape index (κ2) is 8.78. The molecule has 11 heteroatoms. The van der Waals surface area contributed by atoms with Gasteiger partial charge in [-0.1, -0.05) is 53.2 Å². The number of benzene rings is 2. The second-order valence-corrected chi connectivity index (χ2v) is 12.4. The lowest BCUT2D eigenvalue weighted by Crippen LogP contribution is -2.88. The van der Waals surface area contributed by atoms with Crippen molar-refractivity contribution >= 4 is 41.2 Å². The number of anilines is 1. The molecule has 2 N–H and O–H groups in total. The van der Waals surface area contributed by atoms with E-state index in [1.807, 2.05) is 53.1 Å². The smallest absolute Gasteiger partial charge is 0.273 e. The number of allylic oxidation sites excluding steroid dienone is 1. The Morgan fingerprint density at radius 3 is 2.71 bits per heavy atom. The summed E-state index contributed by atoms with van der Waals surface area (Å²) in [6.07, 6.45) is 6.23. The van der Waals surface area contributed by atoms with Gasteiger partial charge in [0.1, 0.15) is 17.0 Å². The minimum Gasteiger partial charge on any atom is -0.383 e. The molecule has 4 aromatic rings. The molecule has 0 bridgehead atoms. The summed E-state index contributed by atoms with van der Waals surface area (Å²) in [7, 11) is 0. The first-order valence-corrected chi connectivity index (χ1v) is 14.5. The van der Waals surface area contributed by atoms with E-state index >= 15 is 0 Å². The topological polar surface area (TPSA) is 83.5 Å². The monoisotopic (exact) mass is 592 g/mol. The number of piperidine rings is 2. The Kier molecular flexibility index (Phi) is 5.42. The molecule has 1 spiro atoms. The number of halogens is 3. The highest BCUT2D eigenvalue weighted by molar-refractivity contribution is 7.97. The molecule has 2 aliphatic heterocycles. The summed E-state index contributed by atoms with van der Waals surface area (Å²) in [5, 5.41) is 19.1. The van der Waals surface area contributed by atoms with Gasteiger partial charge in [-0.25, -0.2) is 13.1 Å². The summed E-state index contributed by atoms with van der Waals surface area (Å²) < 4.78 is 36.8. The van der Waals surface area contributed by atoms with Crippen LogP contribution in [0.5, 0.6) is 0 Å². The maximum Gasteiger partial charge on any atom is 0.273 e. The van der Waals surface area contributed by atoms with E-state index in [1.54, 1.807) is 0 Å². The van der Waals surface area contributed by atoms with Crippen molar-refractivity contribution in [2.75, 3.05) is 5.32 Å². The van der Waals surface area contributed by atoms with E-state index in [0.29, 0.717) is 29.4 Å². The van der Waals surface area contributed by atoms with Gasteiger partial charge in [0, 0.05) is 47.4 Å². The van der Waals surface area contributed by atoms with E-state index in [0.717, 1.165) is 41.1 Å². The molecule has 2 aromatic carbocycles. The van der Waals surface area contributed by atoms with Gasteiger partial charge in [0.15, 0.2) is 17.4 Å². The lowest BCUT2D eigenvalue weighted by Gasteiger charge is -2.81. The number of carbonyl (C=O) groups excluding carboxylic acids is 1. The highest BCUT2D eigenvalue weighted by Crippen LogP contribution is 2.77. The zero-order chi connectivity index (χ0) is 28.1. The Bertz CT molecular complexity index is 1770. The van der Waals surface area contributed by atoms with Gasteiger partial charge >= 0.3 is 0 Å². The van der Waals surface area contributed by atoms with Gasteiger partial charge in [-0.05, 0) is 49.4 Å². The fraction of sp³-hybridized carbons (Fsp3) is 0.267. The molecule has 2 saturated carbocycles. The number of hydrogen-bond donors (Lipinski definition) is 2. The van der Waals surface area contributed by atoms with Gasteiger partial charge in [0.2, 0.25) is 0 Å². The number of carbonyl (C=O) groups is 1. The molecule has 8 rings (SSSR count). The molecule has 0 radical (unpaired) electrons. The molecular weight excluding hydrogens is 570 g/mol. The van der Waals surface area contributed by atoms with Crippen molar-refractivity contribution in [3.05, 3.63) is 94.4 Å². The lowest BCUT2D eigenvalue weighted by atomic mass is 9.36. The van der Waals surface area contributed by atoms with Crippen LogP contribution in [0.4, 0.5) is 14.5 Å². The Hall–Kier alpha value is -3.44. The van der Waals surface area contributed by atoms with Crippen LogP contribution in [-0.4, -0.2) is 37.1 Å². The van der Waals surface area contributed by atoms with E-state index in [4.69, 9.17) is 16.1 Å². The van der Waals surface area contributed by atoms with Gasteiger partial charge in [0.25, 0.3) is 5.91 Å². The number of nitrogens with zero attached hydrogens (tertiary/aromatic N) is 3. The first kappa shape index (κ1) is 25.3. The molecule has 1 amide bonds. The predicted molar refractivity (Wildman–Crippen MR) is 150 cm³/mol. The second-order valence-electron chi connectivity index (χ2n) is 11.0. The number of aliphatic hydroxyl groups is 1. The summed E-state index contributed by atoms with van der Waals surface area (Å²) in [6.45, 7) is 0.475. The van der Waals surface area contributed by atoms with Crippen LogP contribution < -0.4 is 5.32 Å². The Balaban J connectivity index is 1.04. The Labute approximate surface area is 242 Å². The van der Waals surface area contributed by atoms with Crippen LogP contribution in [0.1, 0.15) is 41.1 Å². The fourth-order valence-corrected chi connectivity index (χ4v) is 8.98. The average molecular weight is 593 g/mol. The highest BCUT2D eigenvalue weighted by Gasteiger charge is 2.83. The van der Waals surface area contributed by atoms with Crippen molar-refractivity contribution < 1.29 is 23.2 Å². The number of rotatable bonds is 6. The molecular formula is C30H23ClF2N4O3S. The van der Waals surface area contributed by atoms with E-state index in [2.05, 4.69) is 14.8 Å². The number of aromatic nitrogens is 2. The van der Waals surface area contributed by atoms with Gasteiger partial charge in [-0.3, -0.25) is 4.79 Å². The molecule has 4 heterocycles. The van der Waals surface area contributed by atoms with E-state index in [9.17, 15) is 18.7 Å². The van der Waals surface area contributed by atoms with Crippen LogP contribution in [0.2, 0.25) is 5.02 Å². The van der Waals surface area contributed by atoms with Crippen LogP contribution in [0.3, 0.4) is 0 Å². The van der Waals surface area contributed by atoms with Crippen molar-refractivity contribution in [3.8, 4) is 11.3 Å². The molecule has 4 atom stereocenters. The Morgan fingerprint density at radius 2 is 1.98 bits per heavy atom. The van der Waals surface area contributed by atoms with E-state index < -0.39 is 23.1 Å².